The van der Waals surface area contributed by atoms with Crippen LogP contribution in [0.3, 0.4) is 0 Å². The normalized spacial score (nSPS) is 10.2. The van der Waals surface area contributed by atoms with Crippen LogP contribution in [0, 0.1) is 6.92 Å². The Morgan fingerprint density at radius 2 is 2.06 bits per heavy atom. The maximum Gasteiger partial charge on any atom is 0.254 e. The Balaban J connectivity index is 2.22. The monoisotopic (exact) mass is 231 g/mol. The van der Waals surface area contributed by atoms with E-state index in [0.717, 1.165) is 5.56 Å². The molecule has 0 amide bonds. The molecule has 1 aromatic carbocycles. The fourth-order valence-electron chi connectivity index (χ4n) is 1.42. The van der Waals surface area contributed by atoms with Crippen molar-refractivity contribution < 1.29 is 4.74 Å². The Morgan fingerprint density at radius 1 is 1.35 bits per heavy atom. The van der Waals surface area contributed by atoms with Crippen molar-refractivity contribution in [1.82, 2.24) is 9.97 Å². The van der Waals surface area contributed by atoms with Crippen molar-refractivity contribution in [1.29, 1.82) is 0 Å². The highest BCUT2D eigenvalue weighted by Crippen LogP contribution is 2.18. The number of nitrogens with zero attached hydrogens (tertiary/aromatic N) is 1. The molecule has 1 aromatic heterocycles. The Labute approximate surface area is 98.3 Å². The summed E-state index contributed by atoms with van der Waals surface area (Å²) in [5, 5.41) is 0. The molecule has 0 saturated carbocycles. The summed E-state index contributed by atoms with van der Waals surface area (Å²) in [4.78, 5) is 17.8. The first-order valence-electron chi connectivity index (χ1n) is 5.22. The van der Waals surface area contributed by atoms with Crippen LogP contribution >= 0.6 is 0 Å². The fraction of sp³-hybridized carbons (Fsp3) is 0.167. The van der Waals surface area contributed by atoms with Crippen LogP contribution in [0.1, 0.15) is 11.4 Å². The number of hydrogen-bond donors (Lipinski definition) is 2. The molecular weight excluding hydrogens is 218 g/mol. The zero-order valence-corrected chi connectivity index (χ0v) is 9.43. The Kier molecular flexibility index (Phi) is 3.20. The van der Waals surface area contributed by atoms with Gasteiger partial charge in [0, 0.05) is 6.54 Å². The quantitative estimate of drug-likeness (QED) is 0.835. The van der Waals surface area contributed by atoms with Crippen molar-refractivity contribution >= 4 is 0 Å². The van der Waals surface area contributed by atoms with Crippen molar-refractivity contribution in [3.8, 4) is 11.6 Å². The van der Waals surface area contributed by atoms with E-state index in [1.165, 1.54) is 6.07 Å². The lowest BCUT2D eigenvalue weighted by atomic mass is 10.2. The van der Waals surface area contributed by atoms with Gasteiger partial charge in [-0.1, -0.05) is 12.1 Å². The van der Waals surface area contributed by atoms with Gasteiger partial charge in [-0.25, -0.2) is 4.98 Å². The van der Waals surface area contributed by atoms with E-state index in [9.17, 15) is 4.79 Å². The minimum Gasteiger partial charge on any atom is -0.439 e. The lowest BCUT2D eigenvalue weighted by molar-refractivity contribution is 0.458. The van der Waals surface area contributed by atoms with Crippen molar-refractivity contribution in [3.63, 3.8) is 0 Å². The molecule has 0 radical (unpaired) electrons. The molecule has 2 rings (SSSR count). The van der Waals surface area contributed by atoms with E-state index in [-0.39, 0.29) is 11.4 Å². The van der Waals surface area contributed by atoms with Gasteiger partial charge in [-0.15, -0.1) is 0 Å². The standard InChI is InChI=1S/C12H13N3O2/c1-8-14-11(16)6-12(15-8)17-10-4-2-9(7-13)3-5-10/h2-6H,7,13H2,1H3,(H,14,15,16). The van der Waals surface area contributed by atoms with Crippen LogP contribution in [0.2, 0.25) is 0 Å². The largest absolute Gasteiger partial charge is 0.439 e. The third-order valence-electron chi connectivity index (χ3n) is 2.22. The van der Waals surface area contributed by atoms with Gasteiger partial charge in [0.15, 0.2) is 0 Å². The van der Waals surface area contributed by atoms with Gasteiger partial charge in [-0.3, -0.25) is 4.79 Å². The minimum atomic E-state index is -0.230. The van der Waals surface area contributed by atoms with E-state index < -0.39 is 0 Å². The van der Waals surface area contributed by atoms with Crippen LogP contribution in [0.25, 0.3) is 0 Å². The average Bonchev–Trinajstić information content (AvgIpc) is 2.28. The number of nitrogens with two attached hydrogens (primary N) is 1. The Hall–Kier alpha value is -2.14. The zero-order valence-electron chi connectivity index (χ0n) is 9.43. The van der Waals surface area contributed by atoms with Gasteiger partial charge >= 0.3 is 0 Å². The molecule has 3 N–H and O–H groups in total. The van der Waals surface area contributed by atoms with Gasteiger partial charge in [0.05, 0.1) is 6.07 Å². The molecule has 17 heavy (non-hydrogen) atoms. The van der Waals surface area contributed by atoms with E-state index in [1.54, 1.807) is 19.1 Å². The summed E-state index contributed by atoms with van der Waals surface area (Å²) < 4.78 is 5.47. The van der Waals surface area contributed by atoms with Gasteiger partial charge in [0.1, 0.15) is 11.6 Å². The van der Waals surface area contributed by atoms with Crippen molar-refractivity contribution in [3.05, 3.63) is 52.1 Å². The van der Waals surface area contributed by atoms with E-state index in [1.807, 2.05) is 12.1 Å². The summed E-state index contributed by atoms with van der Waals surface area (Å²) >= 11 is 0. The molecule has 0 unspecified atom stereocenters. The first-order chi connectivity index (χ1) is 8.17. The molecule has 0 saturated heterocycles. The first kappa shape index (κ1) is 11.3. The van der Waals surface area contributed by atoms with Crippen molar-refractivity contribution in [2.75, 3.05) is 0 Å². The van der Waals surface area contributed by atoms with Gasteiger partial charge in [-0.2, -0.15) is 0 Å². The van der Waals surface area contributed by atoms with Crippen LogP contribution in [0.5, 0.6) is 11.6 Å². The summed E-state index contributed by atoms with van der Waals surface area (Å²) in [6, 6.07) is 8.63. The molecule has 0 atom stereocenters. The first-order valence-corrected chi connectivity index (χ1v) is 5.22. The van der Waals surface area contributed by atoms with Gasteiger partial charge in [-0.05, 0) is 24.6 Å². The van der Waals surface area contributed by atoms with Gasteiger partial charge in [0.2, 0.25) is 5.88 Å². The lowest BCUT2D eigenvalue weighted by Crippen LogP contribution is -2.08. The van der Waals surface area contributed by atoms with E-state index in [4.69, 9.17) is 10.5 Å². The topological polar surface area (TPSA) is 81.0 Å². The number of ether oxygens (including phenoxy) is 1. The predicted octanol–water partition coefficient (Wildman–Crippen LogP) is 1.33. The van der Waals surface area contributed by atoms with Crippen LogP contribution in [-0.2, 0) is 6.54 Å². The fourth-order valence-corrected chi connectivity index (χ4v) is 1.42. The SMILES string of the molecule is Cc1nc(Oc2ccc(CN)cc2)cc(=O)[nH]1. The number of nitrogens with one attached hydrogen (secondary N) is 1. The number of H-pyrrole nitrogens is 1. The third kappa shape index (κ3) is 2.92. The summed E-state index contributed by atoms with van der Waals surface area (Å²) in [6.07, 6.45) is 0. The number of aryl methyl sites for hydroxylation is 1. The maximum atomic E-state index is 11.2. The van der Waals surface area contributed by atoms with Gasteiger partial charge in [0.25, 0.3) is 5.56 Å². The summed E-state index contributed by atoms with van der Waals surface area (Å²) in [5.74, 6) is 1.43. The number of aromatic amines is 1. The van der Waals surface area contributed by atoms with Gasteiger partial charge < -0.3 is 15.5 Å². The molecule has 0 bridgehead atoms. The summed E-state index contributed by atoms with van der Waals surface area (Å²) in [6.45, 7) is 2.19. The molecular formula is C12H13N3O2. The minimum absolute atomic E-state index is 0.230. The van der Waals surface area contributed by atoms with E-state index in [2.05, 4.69) is 9.97 Å². The highest BCUT2D eigenvalue weighted by Gasteiger charge is 2.01. The Morgan fingerprint density at radius 3 is 2.65 bits per heavy atom. The van der Waals surface area contributed by atoms with Crippen LogP contribution in [0.15, 0.2) is 35.1 Å². The second-order valence-corrected chi connectivity index (χ2v) is 3.62. The summed E-state index contributed by atoms with van der Waals surface area (Å²) in [5.41, 5.74) is 6.28. The highest BCUT2D eigenvalue weighted by atomic mass is 16.5. The zero-order chi connectivity index (χ0) is 12.3. The van der Waals surface area contributed by atoms with Crippen LogP contribution in [0.4, 0.5) is 0 Å². The van der Waals surface area contributed by atoms with Crippen LogP contribution in [-0.4, -0.2) is 9.97 Å². The third-order valence-corrected chi connectivity index (χ3v) is 2.22. The second-order valence-electron chi connectivity index (χ2n) is 3.62. The molecule has 0 aliphatic rings. The lowest BCUT2D eigenvalue weighted by Gasteiger charge is -2.05. The Bertz CT molecular complexity index is 561. The molecule has 0 aliphatic carbocycles. The molecule has 1 heterocycles. The molecule has 88 valence electrons. The molecule has 0 aliphatic heterocycles. The summed E-state index contributed by atoms with van der Waals surface area (Å²) in [7, 11) is 0. The molecule has 5 nitrogen and oxygen atoms in total. The smallest absolute Gasteiger partial charge is 0.254 e. The van der Waals surface area contributed by atoms with Crippen molar-refractivity contribution in [2.24, 2.45) is 5.73 Å². The molecule has 5 heteroatoms. The van der Waals surface area contributed by atoms with Crippen LogP contribution < -0.4 is 16.0 Å². The second kappa shape index (κ2) is 4.80. The van der Waals surface area contributed by atoms with Crippen molar-refractivity contribution in [2.45, 2.75) is 13.5 Å². The molecule has 2 aromatic rings. The maximum absolute atomic E-state index is 11.2. The number of aromatic nitrogens is 2. The van der Waals surface area contributed by atoms with E-state index >= 15 is 0 Å². The average molecular weight is 231 g/mol. The van der Waals surface area contributed by atoms with E-state index in [0.29, 0.717) is 18.1 Å². The molecule has 0 spiro atoms. The predicted molar refractivity (Wildman–Crippen MR) is 64.0 cm³/mol. The number of benzene rings is 1. The number of rotatable bonds is 3. The highest BCUT2D eigenvalue weighted by molar-refractivity contribution is 5.30. The molecule has 0 fully saturated rings. The number of hydrogen-bond acceptors (Lipinski definition) is 4.